The monoisotopic (exact) mass is 299 g/mol. The maximum absolute atomic E-state index is 12.2. The van der Waals surface area contributed by atoms with Crippen LogP contribution in [-0.4, -0.2) is 41.6 Å². The van der Waals surface area contributed by atoms with Crippen LogP contribution < -0.4 is 0 Å². The molecule has 0 aromatic rings. The first-order chi connectivity index (χ1) is 9.97. The Morgan fingerprint density at radius 3 is 2.29 bits per heavy atom. The summed E-state index contributed by atoms with van der Waals surface area (Å²) < 4.78 is 10.2. The Labute approximate surface area is 125 Å². The number of carbonyl (C=O) groups excluding carboxylic acids is 3. The number of ether oxygens (including phenoxy) is 2. The average Bonchev–Trinajstić information content (AvgIpc) is 2.76. The van der Waals surface area contributed by atoms with Crippen molar-refractivity contribution in [1.82, 2.24) is 4.90 Å². The lowest BCUT2D eigenvalue weighted by Crippen LogP contribution is -2.53. The van der Waals surface area contributed by atoms with E-state index in [-0.39, 0.29) is 25.4 Å². The molecule has 0 bridgehead atoms. The number of carbonyl (C=O) groups is 3. The van der Waals surface area contributed by atoms with Gasteiger partial charge in [0, 0.05) is 6.42 Å². The summed E-state index contributed by atoms with van der Waals surface area (Å²) in [6.45, 7) is 6.08. The third-order valence-electron chi connectivity index (χ3n) is 3.65. The van der Waals surface area contributed by atoms with E-state index in [1.807, 2.05) is 13.8 Å². The van der Waals surface area contributed by atoms with Crippen molar-refractivity contribution in [3.63, 3.8) is 0 Å². The number of esters is 1. The maximum Gasteiger partial charge on any atom is 0.417 e. The van der Waals surface area contributed by atoms with Crippen LogP contribution in [0.15, 0.2) is 0 Å². The van der Waals surface area contributed by atoms with Crippen molar-refractivity contribution in [2.45, 2.75) is 64.8 Å². The van der Waals surface area contributed by atoms with Gasteiger partial charge in [0.05, 0.1) is 13.2 Å². The highest BCUT2D eigenvalue weighted by Crippen LogP contribution is 2.32. The predicted molar refractivity (Wildman–Crippen MR) is 76.6 cm³/mol. The van der Waals surface area contributed by atoms with Gasteiger partial charge in [-0.15, -0.1) is 0 Å². The summed E-state index contributed by atoms with van der Waals surface area (Å²) in [6, 6.07) is 0. The first kappa shape index (κ1) is 17.5. The molecule has 2 amide bonds. The lowest BCUT2D eigenvalue weighted by atomic mass is 9.99. The molecule has 1 rings (SSSR count). The largest absolute Gasteiger partial charge is 0.464 e. The average molecular weight is 299 g/mol. The normalized spacial score (nSPS) is 21.5. The molecule has 6 nitrogen and oxygen atoms in total. The van der Waals surface area contributed by atoms with Crippen LogP contribution in [0.4, 0.5) is 4.79 Å². The highest BCUT2D eigenvalue weighted by Gasteiger charge is 2.52. The van der Waals surface area contributed by atoms with Crippen molar-refractivity contribution in [2.24, 2.45) is 0 Å². The molecule has 120 valence electrons. The SMILES string of the molecule is CCCCOC(=O)N1C(=O)CC[C@@]1(C)C(=O)OCCCC. The number of imide groups is 1. The Hall–Kier alpha value is -1.59. The van der Waals surface area contributed by atoms with Crippen LogP contribution in [0.1, 0.15) is 59.3 Å². The highest BCUT2D eigenvalue weighted by molar-refractivity contribution is 6.01. The number of likely N-dealkylation sites (tertiary alicyclic amines) is 1. The van der Waals surface area contributed by atoms with Crippen LogP contribution in [0.5, 0.6) is 0 Å². The van der Waals surface area contributed by atoms with E-state index in [0.717, 1.165) is 30.6 Å². The van der Waals surface area contributed by atoms with Gasteiger partial charge in [-0.1, -0.05) is 26.7 Å². The van der Waals surface area contributed by atoms with Gasteiger partial charge in [0.15, 0.2) is 0 Å². The Bertz CT molecular complexity index is 396. The Kier molecular flexibility index (Phi) is 6.65. The zero-order chi connectivity index (χ0) is 15.9. The highest BCUT2D eigenvalue weighted by atomic mass is 16.6. The van der Waals surface area contributed by atoms with Crippen molar-refractivity contribution in [1.29, 1.82) is 0 Å². The van der Waals surface area contributed by atoms with Crippen molar-refractivity contribution in [2.75, 3.05) is 13.2 Å². The van der Waals surface area contributed by atoms with Crippen molar-refractivity contribution in [3.05, 3.63) is 0 Å². The number of hydrogen-bond donors (Lipinski definition) is 0. The fourth-order valence-electron chi connectivity index (χ4n) is 2.18. The van der Waals surface area contributed by atoms with E-state index in [1.54, 1.807) is 6.92 Å². The zero-order valence-electron chi connectivity index (χ0n) is 13.1. The summed E-state index contributed by atoms with van der Waals surface area (Å²) in [6.07, 6.45) is 2.97. The van der Waals surface area contributed by atoms with Crippen LogP contribution in [0.25, 0.3) is 0 Å². The van der Waals surface area contributed by atoms with Gasteiger partial charge in [0.1, 0.15) is 5.54 Å². The van der Waals surface area contributed by atoms with Gasteiger partial charge in [0.25, 0.3) is 0 Å². The summed E-state index contributed by atoms with van der Waals surface area (Å²) in [5.74, 6) is -0.916. The standard InChI is InChI=1S/C15H25NO5/c1-4-6-10-20-13(18)15(3)9-8-12(17)16(15)14(19)21-11-7-5-2/h4-11H2,1-3H3/t15-/m0/s1. The molecule has 1 saturated heterocycles. The maximum atomic E-state index is 12.2. The van der Waals surface area contributed by atoms with Gasteiger partial charge >= 0.3 is 12.1 Å². The van der Waals surface area contributed by atoms with Crippen molar-refractivity contribution < 1.29 is 23.9 Å². The molecule has 1 aliphatic heterocycles. The quantitative estimate of drug-likeness (QED) is 0.534. The number of amides is 2. The van der Waals surface area contributed by atoms with Crippen LogP contribution in [0.3, 0.4) is 0 Å². The molecule has 0 saturated carbocycles. The molecule has 1 fully saturated rings. The minimum absolute atomic E-state index is 0.155. The van der Waals surface area contributed by atoms with Crippen LogP contribution >= 0.6 is 0 Å². The van der Waals surface area contributed by atoms with Crippen LogP contribution in [0.2, 0.25) is 0 Å². The molecule has 6 heteroatoms. The molecule has 1 aliphatic rings. The van der Waals surface area contributed by atoms with Gasteiger partial charge in [0.2, 0.25) is 5.91 Å². The van der Waals surface area contributed by atoms with E-state index < -0.39 is 17.6 Å². The topological polar surface area (TPSA) is 72.9 Å². The Balaban J connectivity index is 2.71. The third-order valence-corrected chi connectivity index (χ3v) is 3.65. The second kappa shape index (κ2) is 8.00. The summed E-state index contributed by atoms with van der Waals surface area (Å²) in [5, 5.41) is 0. The first-order valence-electron chi connectivity index (χ1n) is 7.64. The first-order valence-corrected chi connectivity index (χ1v) is 7.64. The number of nitrogens with zero attached hydrogens (tertiary/aromatic N) is 1. The minimum Gasteiger partial charge on any atom is -0.464 e. The molecule has 1 atom stereocenters. The van der Waals surface area contributed by atoms with E-state index in [4.69, 9.17) is 9.47 Å². The van der Waals surface area contributed by atoms with Gasteiger partial charge in [-0.05, 0) is 26.2 Å². The number of unbranched alkanes of at least 4 members (excludes halogenated alkanes) is 2. The van der Waals surface area contributed by atoms with E-state index in [0.29, 0.717) is 6.61 Å². The van der Waals surface area contributed by atoms with Gasteiger partial charge in [-0.25, -0.2) is 14.5 Å². The number of rotatable bonds is 7. The molecule has 0 aliphatic carbocycles. The van der Waals surface area contributed by atoms with Crippen molar-refractivity contribution >= 4 is 18.0 Å². The fraction of sp³-hybridized carbons (Fsp3) is 0.800. The van der Waals surface area contributed by atoms with Gasteiger partial charge in [-0.3, -0.25) is 4.79 Å². The van der Waals surface area contributed by atoms with Crippen molar-refractivity contribution in [3.8, 4) is 0 Å². The lowest BCUT2D eigenvalue weighted by molar-refractivity contribution is -0.157. The van der Waals surface area contributed by atoms with E-state index >= 15 is 0 Å². The lowest BCUT2D eigenvalue weighted by Gasteiger charge is -2.30. The molecule has 0 spiro atoms. The summed E-state index contributed by atoms with van der Waals surface area (Å²) in [7, 11) is 0. The molecular weight excluding hydrogens is 274 g/mol. The molecule has 0 unspecified atom stereocenters. The smallest absolute Gasteiger partial charge is 0.417 e. The van der Waals surface area contributed by atoms with Gasteiger partial charge < -0.3 is 9.47 Å². The summed E-state index contributed by atoms with van der Waals surface area (Å²) >= 11 is 0. The molecular formula is C15H25NO5. The van der Waals surface area contributed by atoms with Crippen LogP contribution in [0, 0.1) is 0 Å². The second-order valence-corrected chi connectivity index (χ2v) is 5.46. The predicted octanol–water partition coefficient (Wildman–Crippen LogP) is 2.65. The Morgan fingerprint density at radius 1 is 1.14 bits per heavy atom. The van der Waals surface area contributed by atoms with E-state index in [2.05, 4.69) is 0 Å². The zero-order valence-corrected chi connectivity index (χ0v) is 13.1. The third kappa shape index (κ3) is 4.19. The molecule has 0 radical (unpaired) electrons. The molecule has 1 heterocycles. The minimum atomic E-state index is -1.24. The molecule has 0 N–H and O–H groups in total. The van der Waals surface area contributed by atoms with E-state index in [1.165, 1.54) is 0 Å². The van der Waals surface area contributed by atoms with Gasteiger partial charge in [-0.2, -0.15) is 0 Å². The molecule has 21 heavy (non-hydrogen) atoms. The van der Waals surface area contributed by atoms with Crippen LogP contribution in [-0.2, 0) is 19.1 Å². The van der Waals surface area contributed by atoms with E-state index in [9.17, 15) is 14.4 Å². The number of hydrogen-bond acceptors (Lipinski definition) is 5. The Morgan fingerprint density at radius 2 is 1.71 bits per heavy atom. The molecule has 0 aromatic carbocycles. The fourth-order valence-corrected chi connectivity index (χ4v) is 2.18. The second-order valence-electron chi connectivity index (χ2n) is 5.46. The summed E-state index contributed by atoms with van der Waals surface area (Å²) in [5.41, 5.74) is -1.24. The molecule has 0 aromatic heterocycles. The summed E-state index contributed by atoms with van der Waals surface area (Å²) in [4.78, 5) is 37.1.